The van der Waals surface area contributed by atoms with E-state index in [1.807, 2.05) is 0 Å². The molecule has 0 radical (unpaired) electrons. The van der Waals surface area contributed by atoms with E-state index in [0.717, 1.165) is 19.5 Å². The first-order valence-electron chi connectivity index (χ1n) is 9.07. The number of carbonyl (C=O) groups excluding carboxylic acids is 1. The van der Waals surface area contributed by atoms with Crippen LogP contribution in [0.4, 0.5) is 4.39 Å². The first-order valence-corrected chi connectivity index (χ1v) is 9.07. The number of fused-ring (bicyclic) bond motifs is 1. The molecule has 2 atom stereocenters. The van der Waals surface area contributed by atoms with E-state index in [1.54, 1.807) is 25.1 Å². The number of piperidine rings is 1. The molecule has 4 rings (SSSR count). The topological polar surface area (TPSA) is 80.0 Å². The fraction of sp³-hybridized carbons (Fsp3) is 0.350. The predicted octanol–water partition coefficient (Wildman–Crippen LogP) is 3.07. The average Bonchev–Trinajstić information content (AvgIpc) is 3.04. The third kappa shape index (κ3) is 3.42. The minimum absolute atomic E-state index is 0.0592. The number of aromatic nitrogens is 2. The molecule has 3 aromatic rings. The zero-order chi connectivity index (χ0) is 19.0. The van der Waals surface area contributed by atoms with Crippen molar-refractivity contribution in [1.82, 2.24) is 20.8 Å². The number of aryl methyl sites for hydroxylation is 1. The largest absolute Gasteiger partial charge is 0.348 e. The number of halogens is 1. The van der Waals surface area contributed by atoms with E-state index >= 15 is 0 Å². The highest BCUT2D eigenvalue weighted by Crippen LogP contribution is 2.27. The second-order valence-electron chi connectivity index (χ2n) is 7.06. The lowest BCUT2D eigenvalue weighted by Gasteiger charge is -2.30. The van der Waals surface area contributed by atoms with Crippen molar-refractivity contribution in [3.05, 3.63) is 47.4 Å². The van der Waals surface area contributed by atoms with Crippen LogP contribution in [0.5, 0.6) is 0 Å². The monoisotopic (exact) mass is 368 g/mol. The molecule has 0 saturated carbocycles. The molecular formula is C20H21FN4O2. The zero-order valence-electron chi connectivity index (χ0n) is 15.3. The summed E-state index contributed by atoms with van der Waals surface area (Å²) in [5.74, 6) is -0.114. The molecule has 7 heteroatoms. The molecule has 140 valence electrons. The number of hydrogen-bond donors (Lipinski definition) is 2. The smallest absolute Gasteiger partial charge is 0.259 e. The molecule has 2 unspecified atom stereocenters. The molecule has 1 aromatic carbocycles. The van der Waals surface area contributed by atoms with Crippen LogP contribution in [0.3, 0.4) is 0 Å². The number of rotatable bonds is 3. The van der Waals surface area contributed by atoms with Crippen LogP contribution in [0.15, 0.2) is 34.9 Å². The molecule has 1 aliphatic rings. The van der Waals surface area contributed by atoms with Crippen molar-refractivity contribution in [2.45, 2.75) is 26.3 Å². The number of hydrogen-bond acceptors (Lipinski definition) is 5. The van der Waals surface area contributed by atoms with Gasteiger partial charge < -0.3 is 15.2 Å². The summed E-state index contributed by atoms with van der Waals surface area (Å²) in [4.78, 5) is 17.5. The maximum Gasteiger partial charge on any atom is 0.259 e. The summed E-state index contributed by atoms with van der Waals surface area (Å²) in [5, 5.41) is 11.0. The van der Waals surface area contributed by atoms with Crippen molar-refractivity contribution in [3.8, 4) is 11.3 Å². The summed E-state index contributed by atoms with van der Waals surface area (Å²) in [7, 11) is 0. The van der Waals surface area contributed by atoms with Crippen molar-refractivity contribution in [2.75, 3.05) is 13.1 Å². The summed E-state index contributed by atoms with van der Waals surface area (Å²) in [6, 6.07) is 7.76. The average molecular weight is 368 g/mol. The van der Waals surface area contributed by atoms with E-state index in [9.17, 15) is 9.18 Å². The summed E-state index contributed by atoms with van der Waals surface area (Å²) in [5.41, 5.74) is 2.63. The lowest BCUT2D eigenvalue weighted by molar-refractivity contribution is 0.0917. The quantitative estimate of drug-likeness (QED) is 0.743. The van der Waals surface area contributed by atoms with Gasteiger partial charge in [-0.15, -0.1) is 0 Å². The number of nitrogens with zero attached hydrogens (tertiary/aromatic N) is 2. The Balaban J connectivity index is 1.74. The molecule has 1 amide bonds. The highest BCUT2D eigenvalue weighted by molar-refractivity contribution is 6.07. The van der Waals surface area contributed by atoms with Gasteiger partial charge in [-0.05, 0) is 56.1 Å². The van der Waals surface area contributed by atoms with Crippen molar-refractivity contribution in [3.63, 3.8) is 0 Å². The number of carbonyl (C=O) groups is 1. The number of pyridine rings is 1. The lowest BCUT2D eigenvalue weighted by Crippen LogP contribution is -2.50. The van der Waals surface area contributed by atoms with Crippen LogP contribution in [-0.4, -0.2) is 35.2 Å². The Labute approximate surface area is 156 Å². The van der Waals surface area contributed by atoms with E-state index < -0.39 is 0 Å². The molecular weight excluding hydrogens is 347 g/mol. The summed E-state index contributed by atoms with van der Waals surface area (Å²) in [6.45, 7) is 5.64. The Morgan fingerprint density at radius 1 is 1.33 bits per heavy atom. The van der Waals surface area contributed by atoms with Crippen molar-refractivity contribution < 1.29 is 13.7 Å². The van der Waals surface area contributed by atoms with Gasteiger partial charge >= 0.3 is 0 Å². The molecule has 6 nitrogen and oxygen atoms in total. The first-order chi connectivity index (χ1) is 13.0. The SMILES string of the molecule is Cc1noc2nc(-c3ccc(F)cc3)cc(C(=O)NC3CNCCC3C)c12. The minimum Gasteiger partial charge on any atom is -0.348 e. The van der Waals surface area contributed by atoms with E-state index in [0.29, 0.717) is 39.5 Å². The number of nitrogens with one attached hydrogen (secondary N) is 2. The van der Waals surface area contributed by atoms with Crippen LogP contribution in [0.2, 0.25) is 0 Å². The van der Waals surface area contributed by atoms with Gasteiger partial charge in [-0.3, -0.25) is 4.79 Å². The molecule has 0 aliphatic carbocycles. The highest BCUT2D eigenvalue weighted by Gasteiger charge is 2.25. The fourth-order valence-corrected chi connectivity index (χ4v) is 3.47. The van der Waals surface area contributed by atoms with Crippen LogP contribution in [0.1, 0.15) is 29.4 Å². The second kappa shape index (κ2) is 7.08. The van der Waals surface area contributed by atoms with Crippen LogP contribution in [0.25, 0.3) is 22.4 Å². The molecule has 2 N–H and O–H groups in total. The summed E-state index contributed by atoms with van der Waals surface area (Å²) < 4.78 is 18.6. The first kappa shape index (κ1) is 17.6. The lowest BCUT2D eigenvalue weighted by atomic mass is 9.94. The van der Waals surface area contributed by atoms with Gasteiger partial charge in [0.15, 0.2) is 0 Å². The Kier molecular flexibility index (Phi) is 4.61. The Morgan fingerprint density at radius 3 is 2.85 bits per heavy atom. The Bertz CT molecular complexity index is 984. The van der Waals surface area contributed by atoms with E-state index in [2.05, 4.69) is 27.7 Å². The molecule has 3 heterocycles. The fourth-order valence-electron chi connectivity index (χ4n) is 3.47. The Hall–Kier alpha value is -2.80. The van der Waals surface area contributed by atoms with Gasteiger partial charge in [-0.1, -0.05) is 12.1 Å². The third-order valence-corrected chi connectivity index (χ3v) is 5.15. The minimum atomic E-state index is -0.327. The van der Waals surface area contributed by atoms with E-state index in [1.165, 1.54) is 12.1 Å². The predicted molar refractivity (Wildman–Crippen MR) is 99.8 cm³/mol. The third-order valence-electron chi connectivity index (χ3n) is 5.15. The van der Waals surface area contributed by atoms with Gasteiger partial charge in [0, 0.05) is 18.2 Å². The number of amides is 1. The molecule has 0 bridgehead atoms. The van der Waals surface area contributed by atoms with Crippen LogP contribution in [0, 0.1) is 18.7 Å². The summed E-state index contributed by atoms with van der Waals surface area (Å²) in [6.07, 6.45) is 1.02. The van der Waals surface area contributed by atoms with Crippen molar-refractivity contribution in [2.24, 2.45) is 5.92 Å². The second-order valence-corrected chi connectivity index (χ2v) is 7.06. The van der Waals surface area contributed by atoms with Crippen LogP contribution >= 0.6 is 0 Å². The van der Waals surface area contributed by atoms with Crippen LogP contribution < -0.4 is 10.6 Å². The van der Waals surface area contributed by atoms with Crippen LogP contribution in [-0.2, 0) is 0 Å². The normalized spacial score (nSPS) is 20.0. The van der Waals surface area contributed by atoms with Gasteiger partial charge in [0.1, 0.15) is 5.82 Å². The maximum atomic E-state index is 13.2. The summed E-state index contributed by atoms with van der Waals surface area (Å²) >= 11 is 0. The van der Waals surface area contributed by atoms with Gasteiger partial charge in [0.25, 0.3) is 11.6 Å². The zero-order valence-corrected chi connectivity index (χ0v) is 15.3. The van der Waals surface area contributed by atoms with E-state index in [-0.39, 0.29) is 17.8 Å². The molecule has 1 aliphatic heterocycles. The standard InChI is InChI=1S/C20H21FN4O2/c1-11-7-8-22-10-17(11)23-19(26)15-9-16(13-3-5-14(21)6-4-13)24-20-18(15)12(2)25-27-20/h3-6,9,11,17,22H,7-8,10H2,1-2H3,(H,23,26). The number of benzene rings is 1. The van der Waals surface area contributed by atoms with Gasteiger partial charge in [0.05, 0.1) is 22.3 Å². The van der Waals surface area contributed by atoms with Crippen molar-refractivity contribution in [1.29, 1.82) is 0 Å². The molecule has 27 heavy (non-hydrogen) atoms. The molecule has 0 spiro atoms. The molecule has 1 fully saturated rings. The molecule has 1 saturated heterocycles. The van der Waals surface area contributed by atoms with Gasteiger partial charge in [0.2, 0.25) is 0 Å². The maximum absolute atomic E-state index is 13.2. The van der Waals surface area contributed by atoms with Gasteiger partial charge in [-0.25, -0.2) is 9.37 Å². The molecule has 2 aromatic heterocycles. The van der Waals surface area contributed by atoms with Crippen molar-refractivity contribution >= 4 is 17.0 Å². The highest BCUT2D eigenvalue weighted by atomic mass is 19.1. The van der Waals surface area contributed by atoms with Gasteiger partial charge in [-0.2, -0.15) is 0 Å². The Morgan fingerprint density at radius 2 is 2.11 bits per heavy atom. The van der Waals surface area contributed by atoms with E-state index in [4.69, 9.17) is 4.52 Å².